The number of carbonyl (C=O) groups is 1. The summed E-state index contributed by atoms with van der Waals surface area (Å²) in [5.41, 5.74) is 2.05. The van der Waals surface area contributed by atoms with Crippen LogP contribution in [-0.4, -0.2) is 48.8 Å². The van der Waals surface area contributed by atoms with E-state index in [1.807, 2.05) is 43.3 Å². The van der Waals surface area contributed by atoms with E-state index in [0.29, 0.717) is 5.02 Å². The van der Waals surface area contributed by atoms with Gasteiger partial charge in [0, 0.05) is 47.5 Å². The molecule has 2 aromatic carbocycles. The Morgan fingerprint density at radius 3 is 2.30 bits per heavy atom. The number of nitrogens with zero attached hydrogens (tertiary/aromatic N) is 2. The Balaban J connectivity index is 1.53. The van der Waals surface area contributed by atoms with Gasteiger partial charge in [-0.05, 0) is 62.0 Å². The summed E-state index contributed by atoms with van der Waals surface area (Å²) in [7, 11) is 0. The van der Waals surface area contributed by atoms with E-state index in [-0.39, 0.29) is 11.2 Å². The van der Waals surface area contributed by atoms with Gasteiger partial charge in [0.15, 0.2) is 0 Å². The molecule has 1 aliphatic rings. The maximum absolute atomic E-state index is 12.5. The number of thioether (sulfide) groups is 1. The highest BCUT2D eigenvalue weighted by molar-refractivity contribution is 8.00. The van der Waals surface area contributed by atoms with E-state index >= 15 is 0 Å². The van der Waals surface area contributed by atoms with Gasteiger partial charge in [0.05, 0.1) is 5.25 Å². The van der Waals surface area contributed by atoms with Gasteiger partial charge in [0.25, 0.3) is 0 Å². The Morgan fingerprint density at radius 1 is 1.07 bits per heavy atom. The van der Waals surface area contributed by atoms with Crippen LogP contribution in [0.5, 0.6) is 0 Å². The summed E-state index contributed by atoms with van der Waals surface area (Å²) in [4.78, 5) is 18.4. The average Bonchev–Trinajstić information content (AvgIpc) is 2.70. The van der Waals surface area contributed by atoms with Crippen LogP contribution >= 0.6 is 23.4 Å². The molecule has 144 valence electrons. The number of carbonyl (C=O) groups excluding carboxylic acids is 1. The number of anilines is 2. The number of nitrogens with one attached hydrogen (secondary N) is 1. The van der Waals surface area contributed by atoms with Gasteiger partial charge in [-0.2, -0.15) is 0 Å². The van der Waals surface area contributed by atoms with Crippen LogP contribution in [0.15, 0.2) is 53.4 Å². The molecule has 1 atom stereocenters. The largest absolute Gasteiger partial charge is 0.369 e. The van der Waals surface area contributed by atoms with E-state index in [0.717, 1.165) is 43.3 Å². The van der Waals surface area contributed by atoms with Crippen molar-refractivity contribution in [1.82, 2.24) is 4.90 Å². The lowest BCUT2D eigenvalue weighted by Gasteiger charge is -2.35. The number of hydrogen-bond acceptors (Lipinski definition) is 4. The Bertz CT molecular complexity index is 743. The predicted molar refractivity (Wildman–Crippen MR) is 116 cm³/mol. The Morgan fingerprint density at radius 2 is 1.70 bits per heavy atom. The first-order valence-electron chi connectivity index (χ1n) is 9.35. The highest BCUT2D eigenvalue weighted by atomic mass is 35.5. The van der Waals surface area contributed by atoms with E-state index in [4.69, 9.17) is 11.6 Å². The van der Waals surface area contributed by atoms with Gasteiger partial charge in [-0.3, -0.25) is 4.79 Å². The van der Waals surface area contributed by atoms with Crippen molar-refractivity contribution in [3.63, 3.8) is 0 Å². The van der Waals surface area contributed by atoms with E-state index in [9.17, 15) is 4.79 Å². The molecule has 0 aliphatic carbocycles. The predicted octanol–water partition coefficient (Wildman–Crippen LogP) is 4.60. The lowest BCUT2D eigenvalue weighted by molar-refractivity contribution is -0.115. The van der Waals surface area contributed by atoms with Gasteiger partial charge in [-0.1, -0.05) is 18.5 Å². The van der Waals surface area contributed by atoms with Gasteiger partial charge in [0.1, 0.15) is 0 Å². The fraction of sp³-hybridized carbons (Fsp3) is 0.381. The molecule has 1 unspecified atom stereocenters. The number of piperazine rings is 1. The Hall–Kier alpha value is -1.69. The van der Waals surface area contributed by atoms with Crippen molar-refractivity contribution in [2.24, 2.45) is 0 Å². The zero-order valence-electron chi connectivity index (χ0n) is 15.8. The number of benzene rings is 2. The Labute approximate surface area is 170 Å². The molecule has 0 aromatic heterocycles. The summed E-state index contributed by atoms with van der Waals surface area (Å²) in [6, 6.07) is 15.7. The standard InChI is InChI=1S/C21H26ClN3OS/c1-3-24-12-14-25(15-13-24)19-8-6-18(7-9-19)23-21(26)16(2)27-20-10-4-17(22)5-11-20/h4-11,16H,3,12-15H2,1-2H3,(H,23,26). The van der Waals surface area contributed by atoms with E-state index in [2.05, 4.69) is 34.2 Å². The van der Waals surface area contributed by atoms with Gasteiger partial charge < -0.3 is 15.1 Å². The zero-order chi connectivity index (χ0) is 19.2. The second-order valence-corrected chi connectivity index (χ2v) is 8.52. The van der Waals surface area contributed by atoms with Crippen LogP contribution in [0.4, 0.5) is 11.4 Å². The molecule has 1 saturated heterocycles. The fourth-order valence-corrected chi connectivity index (χ4v) is 4.09. The molecule has 0 saturated carbocycles. The molecule has 1 aliphatic heterocycles. The van der Waals surface area contributed by atoms with Crippen molar-refractivity contribution in [3.05, 3.63) is 53.6 Å². The second kappa shape index (κ2) is 9.49. The van der Waals surface area contributed by atoms with Crippen molar-refractivity contribution in [2.75, 3.05) is 42.9 Å². The summed E-state index contributed by atoms with van der Waals surface area (Å²) in [6.45, 7) is 9.55. The molecular formula is C21H26ClN3OS. The third kappa shape index (κ3) is 5.64. The molecule has 1 heterocycles. The van der Waals surface area contributed by atoms with Crippen LogP contribution in [0.2, 0.25) is 5.02 Å². The molecule has 1 N–H and O–H groups in total. The van der Waals surface area contributed by atoms with Crippen molar-refractivity contribution >= 4 is 40.6 Å². The van der Waals surface area contributed by atoms with Gasteiger partial charge >= 0.3 is 0 Å². The van der Waals surface area contributed by atoms with Crippen molar-refractivity contribution in [2.45, 2.75) is 24.0 Å². The van der Waals surface area contributed by atoms with Crippen LogP contribution in [0.1, 0.15) is 13.8 Å². The zero-order valence-corrected chi connectivity index (χ0v) is 17.4. The minimum Gasteiger partial charge on any atom is -0.369 e. The summed E-state index contributed by atoms with van der Waals surface area (Å²) in [6.07, 6.45) is 0. The summed E-state index contributed by atoms with van der Waals surface area (Å²) in [5, 5.41) is 3.52. The first kappa shape index (κ1) is 20.1. The highest BCUT2D eigenvalue weighted by Crippen LogP contribution is 2.26. The van der Waals surface area contributed by atoms with Crippen LogP contribution in [0, 0.1) is 0 Å². The van der Waals surface area contributed by atoms with Crippen LogP contribution in [-0.2, 0) is 4.79 Å². The molecule has 1 fully saturated rings. The molecular weight excluding hydrogens is 378 g/mol. The topological polar surface area (TPSA) is 35.6 Å². The van der Waals surface area contributed by atoms with E-state index < -0.39 is 0 Å². The van der Waals surface area contributed by atoms with Gasteiger partial charge in [0.2, 0.25) is 5.91 Å². The molecule has 0 bridgehead atoms. The normalized spacial score (nSPS) is 16.2. The molecule has 27 heavy (non-hydrogen) atoms. The molecule has 3 rings (SSSR count). The average molecular weight is 404 g/mol. The third-order valence-electron chi connectivity index (χ3n) is 4.82. The third-order valence-corrected chi connectivity index (χ3v) is 6.18. The number of amides is 1. The lowest BCUT2D eigenvalue weighted by atomic mass is 10.2. The van der Waals surface area contributed by atoms with Gasteiger partial charge in [-0.25, -0.2) is 0 Å². The van der Waals surface area contributed by atoms with Crippen molar-refractivity contribution in [3.8, 4) is 0 Å². The smallest absolute Gasteiger partial charge is 0.237 e. The quantitative estimate of drug-likeness (QED) is 0.715. The second-order valence-electron chi connectivity index (χ2n) is 6.67. The van der Waals surface area contributed by atoms with Crippen LogP contribution < -0.4 is 10.2 Å². The monoisotopic (exact) mass is 403 g/mol. The van der Waals surface area contributed by atoms with Gasteiger partial charge in [-0.15, -0.1) is 11.8 Å². The molecule has 2 aromatic rings. The lowest BCUT2D eigenvalue weighted by Crippen LogP contribution is -2.46. The minimum absolute atomic E-state index is 0.000685. The van der Waals surface area contributed by atoms with E-state index in [1.165, 1.54) is 17.4 Å². The highest BCUT2D eigenvalue weighted by Gasteiger charge is 2.17. The van der Waals surface area contributed by atoms with Crippen LogP contribution in [0.3, 0.4) is 0 Å². The van der Waals surface area contributed by atoms with Crippen molar-refractivity contribution in [1.29, 1.82) is 0 Å². The SMILES string of the molecule is CCN1CCN(c2ccc(NC(=O)C(C)Sc3ccc(Cl)cc3)cc2)CC1. The fourth-order valence-electron chi connectivity index (χ4n) is 3.09. The van der Waals surface area contributed by atoms with Crippen molar-refractivity contribution < 1.29 is 4.79 Å². The molecule has 0 spiro atoms. The maximum atomic E-state index is 12.5. The van der Waals surface area contributed by atoms with Crippen LogP contribution in [0.25, 0.3) is 0 Å². The molecule has 6 heteroatoms. The Kier molecular flexibility index (Phi) is 7.05. The number of halogens is 1. The first-order valence-corrected chi connectivity index (χ1v) is 10.6. The maximum Gasteiger partial charge on any atom is 0.237 e. The molecule has 0 radical (unpaired) electrons. The first-order chi connectivity index (χ1) is 13.0. The number of hydrogen-bond donors (Lipinski definition) is 1. The molecule has 1 amide bonds. The van der Waals surface area contributed by atoms with E-state index in [1.54, 1.807) is 0 Å². The number of rotatable bonds is 6. The summed E-state index contributed by atoms with van der Waals surface area (Å²) < 4.78 is 0. The summed E-state index contributed by atoms with van der Waals surface area (Å²) in [5.74, 6) is -0.000685. The number of likely N-dealkylation sites (N-methyl/N-ethyl adjacent to an activating group) is 1. The minimum atomic E-state index is -0.187. The molecule has 4 nitrogen and oxygen atoms in total. The summed E-state index contributed by atoms with van der Waals surface area (Å²) >= 11 is 7.43.